The SMILES string of the molecule is CC(C)(C)C(=O)Nc1nc2cc3sc(NC(=O)C(C)(C)C)nc3cc2s1. The number of benzene rings is 1. The molecule has 0 unspecified atom stereocenters. The average molecular weight is 391 g/mol. The van der Waals surface area contributed by atoms with Crippen LogP contribution in [0.1, 0.15) is 41.5 Å². The molecule has 2 amide bonds. The third-order valence-electron chi connectivity index (χ3n) is 3.70. The molecule has 138 valence electrons. The Morgan fingerprint density at radius 2 is 1.12 bits per heavy atom. The molecule has 0 saturated heterocycles. The minimum Gasteiger partial charge on any atom is -0.301 e. The first-order chi connectivity index (χ1) is 11.9. The zero-order chi connectivity index (χ0) is 19.3. The minimum absolute atomic E-state index is 0.0660. The number of nitrogens with zero attached hydrogens (tertiary/aromatic N) is 2. The summed E-state index contributed by atoms with van der Waals surface area (Å²) < 4.78 is 1.89. The highest BCUT2D eigenvalue weighted by molar-refractivity contribution is 7.23. The van der Waals surface area contributed by atoms with Crippen molar-refractivity contribution >= 4 is 65.2 Å². The molecular formula is C18H22N4O2S2. The molecule has 0 aliphatic heterocycles. The van der Waals surface area contributed by atoms with E-state index in [1.165, 1.54) is 22.7 Å². The molecule has 1 aromatic carbocycles. The molecule has 6 nitrogen and oxygen atoms in total. The Bertz CT molecular complexity index is 877. The van der Waals surface area contributed by atoms with Gasteiger partial charge in [-0.05, 0) is 12.1 Å². The van der Waals surface area contributed by atoms with Crippen molar-refractivity contribution in [3.8, 4) is 0 Å². The molecule has 0 fully saturated rings. The highest BCUT2D eigenvalue weighted by Gasteiger charge is 2.24. The summed E-state index contributed by atoms with van der Waals surface area (Å²) in [5.41, 5.74) is 0.674. The first-order valence-corrected chi connectivity index (χ1v) is 9.91. The quantitative estimate of drug-likeness (QED) is 0.653. The van der Waals surface area contributed by atoms with Crippen molar-refractivity contribution in [3.63, 3.8) is 0 Å². The molecule has 0 aliphatic rings. The second kappa shape index (κ2) is 6.28. The molecule has 2 N–H and O–H groups in total. The van der Waals surface area contributed by atoms with Gasteiger partial charge in [0.1, 0.15) is 0 Å². The van der Waals surface area contributed by atoms with Crippen LogP contribution in [-0.4, -0.2) is 21.8 Å². The van der Waals surface area contributed by atoms with Crippen molar-refractivity contribution in [1.82, 2.24) is 9.97 Å². The molecule has 0 spiro atoms. The fourth-order valence-corrected chi connectivity index (χ4v) is 3.78. The van der Waals surface area contributed by atoms with Gasteiger partial charge in [-0.1, -0.05) is 64.2 Å². The lowest BCUT2D eigenvalue weighted by atomic mass is 9.96. The molecule has 3 rings (SSSR count). The zero-order valence-electron chi connectivity index (χ0n) is 15.7. The van der Waals surface area contributed by atoms with Crippen LogP contribution in [0.5, 0.6) is 0 Å². The lowest BCUT2D eigenvalue weighted by molar-refractivity contribution is -0.123. The molecule has 3 aromatic rings. The largest absolute Gasteiger partial charge is 0.301 e. The lowest BCUT2D eigenvalue weighted by Crippen LogP contribution is -2.27. The van der Waals surface area contributed by atoms with Gasteiger partial charge in [0.05, 0.1) is 20.4 Å². The predicted molar refractivity (Wildman–Crippen MR) is 109 cm³/mol. The van der Waals surface area contributed by atoms with E-state index in [2.05, 4.69) is 20.6 Å². The summed E-state index contributed by atoms with van der Waals surface area (Å²) in [6.07, 6.45) is 0. The fraction of sp³-hybridized carbons (Fsp3) is 0.444. The van der Waals surface area contributed by atoms with Crippen LogP contribution in [-0.2, 0) is 9.59 Å². The number of carbonyl (C=O) groups excluding carboxylic acids is 2. The Hall–Kier alpha value is -2.06. The zero-order valence-corrected chi connectivity index (χ0v) is 17.3. The number of nitrogens with one attached hydrogen (secondary N) is 2. The van der Waals surface area contributed by atoms with Gasteiger partial charge in [-0.3, -0.25) is 9.59 Å². The molecule has 0 aliphatic carbocycles. The van der Waals surface area contributed by atoms with E-state index in [4.69, 9.17) is 0 Å². The Morgan fingerprint density at radius 1 is 0.769 bits per heavy atom. The molecular weight excluding hydrogens is 368 g/mol. The van der Waals surface area contributed by atoms with Crippen LogP contribution in [0.2, 0.25) is 0 Å². The normalized spacial score (nSPS) is 12.5. The number of hydrogen-bond donors (Lipinski definition) is 2. The maximum atomic E-state index is 12.1. The van der Waals surface area contributed by atoms with E-state index in [0.29, 0.717) is 10.3 Å². The van der Waals surface area contributed by atoms with Gasteiger partial charge >= 0.3 is 0 Å². The van der Waals surface area contributed by atoms with Crippen molar-refractivity contribution in [3.05, 3.63) is 12.1 Å². The number of hydrogen-bond acceptors (Lipinski definition) is 6. The Kier molecular flexibility index (Phi) is 4.52. The average Bonchev–Trinajstić information content (AvgIpc) is 3.03. The maximum absolute atomic E-state index is 12.1. The van der Waals surface area contributed by atoms with E-state index < -0.39 is 10.8 Å². The number of fused-ring (bicyclic) bond motifs is 2. The second-order valence-corrected chi connectivity index (χ2v) is 10.3. The van der Waals surface area contributed by atoms with Crippen molar-refractivity contribution in [2.45, 2.75) is 41.5 Å². The van der Waals surface area contributed by atoms with E-state index >= 15 is 0 Å². The van der Waals surface area contributed by atoms with Crippen molar-refractivity contribution < 1.29 is 9.59 Å². The summed E-state index contributed by atoms with van der Waals surface area (Å²) >= 11 is 2.84. The smallest absolute Gasteiger partial charge is 0.231 e. The van der Waals surface area contributed by atoms with Gasteiger partial charge in [-0.25, -0.2) is 9.97 Å². The Labute approximate surface area is 160 Å². The molecule has 0 radical (unpaired) electrons. The van der Waals surface area contributed by atoms with Gasteiger partial charge in [0.15, 0.2) is 10.3 Å². The highest BCUT2D eigenvalue weighted by Crippen LogP contribution is 2.34. The monoisotopic (exact) mass is 390 g/mol. The van der Waals surface area contributed by atoms with Gasteiger partial charge in [-0.15, -0.1) is 0 Å². The van der Waals surface area contributed by atoms with Crippen LogP contribution in [0.15, 0.2) is 12.1 Å². The van der Waals surface area contributed by atoms with Crippen molar-refractivity contribution in [2.24, 2.45) is 10.8 Å². The Balaban J connectivity index is 1.89. The van der Waals surface area contributed by atoms with Crippen LogP contribution in [0.3, 0.4) is 0 Å². The van der Waals surface area contributed by atoms with Gasteiger partial charge < -0.3 is 10.6 Å². The number of aromatic nitrogens is 2. The molecule has 0 atom stereocenters. The first-order valence-electron chi connectivity index (χ1n) is 8.27. The molecule has 0 bridgehead atoms. The molecule has 8 heteroatoms. The first kappa shape index (κ1) is 18.7. The van der Waals surface area contributed by atoms with E-state index in [9.17, 15) is 9.59 Å². The fourth-order valence-electron chi connectivity index (χ4n) is 2.03. The lowest BCUT2D eigenvalue weighted by Gasteiger charge is -2.15. The van der Waals surface area contributed by atoms with Crippen molar-refractivity contribution in [1.29, 1.82) is 0 Å². The topological polar surface area (TPSA) is 84.0 Å². The molecule has 0 saturated carbocycles. The summed E-state index contributed by atoms with van der Waals surface area (Å²) in [6, 6.07) is 3.89. The molecule has 2 aromatic heterocycles. The van der Waals surface area contributed by atoms with Gasteiger partial charge in [0, 0.05) is 10.8 Å². The second-order valence-electron chi connectivity index (χ2n) is 8.23. The maximum Gasteiger partial charge on any atom is 0.231 e. The standard InChI is InChI=1S/C18H22N4O2S2/c1-17(2,3)13(23)21-15-19-9-7-12-10(8-11(9)25-15)20-16(26-12)22-14(24)18(4,5)6/h7-8H,1-6H3,(H,19,21,23)(H,20,22,24). The summed E-state index contributed by atoms with van der Waals surface area (Å²) in [5, 5.41) is 6.90. The predicted octanol–water partition coefficient (Wildman–Crippen LogP) is 4.88. The number of amides is 2. The van der Waals surface area contributed by atoms with E-state index in [0.717, 1.165) is 20.4 Å². The van der Waals surface area contributed by atoms with E-state index in [1.807, 2.05) is 53.7 Å². The minimum atomic E-state index is -0.472. The van der Waals surface area contributed by atoms with Crippen LogP contribution in [0.4, 0.5) is 10.3 Å². The number of carbonyl (C=O) groups is 2. The van der Waals surface area contributed by atoms with Crippen LogP contribution >= 0.6 is 22.7 Å². The molecule has 2 heterocycles. The van der Waals surface area contributed by atoms with E-state index in [-0.39, 0.29) is 11.8 Å². The third kappa shape index (κ3) is 3.86. The van der Waals surface area contributed by atoms with Gasteiger partial charge in [0.2, 0.25) is 11.8 Å². The summed E-state index contributed by atoms with van der Waals surface area (Å²) in [5.74, 6) is -0.132. The van der Waals surface area contributed by atoms with Crippen LogP contribution in [0.25, 0.3) is 20.4 Å². The number of thiazole rings is 2. The Morgan fingerprint density at radius 3 is 1.42 bits per heavy atom. The summed E-state index contributed by atoms with van der Waals surface area (Å²) in [7, 11) is 0. The summed E-state index contributed by atoms with van der Waals surface area (Å²) in [6.45, 7) is 11.2. The van der Waals surface area contributed by atoms with Crippen LogP contribution < -0.4 is 10.6 Å². The molecule has 26 heavy (non-hydrogen) atoms. The highest BCUT2D eigenvalue weighted by atomic mass is 32.1. The summed E-state index contributed by atoms with van der Waals surface area (Å²) in [4.78, 5) is 33.3. The van der Waals surface area contributed by atoms with Crippen LogP contribution in [0, 0.1) is 10.8 Å². The van der Waals surface area contributed by atoms with Gasteiger partial charge in [0.25, 0.3) is 0 Å². The number of rotatable bonds is 2. The number of anilines is 2. The van der Waals surface area contributed by atoms with Crippen molar-refractivity contribution in [2.75, 3.05) is 10.6 Å². The third-order valence-corrected chi connectivity index (χ3v) is 5.57. The van der Waals surface area contributed by atoms with E-state index in [1.54, 1.807) is 0 Å². The van der Waals surface area contributed by atoms with Gasteiger partial charge in [-0.2, -0.15) is 0 Å².